The van der Waals surface area contributed by atoms with E-state index < -0.39 is 17.6 Å². The van der Waals surface area contributed by atoms with E-state index >= 15 is 0 Å². The first-order valence-electron chi connectivity index (χ1n) is 6.13. The van der Waals surface area contributed by atoms with Crippen molar-refractivity contribution >= 4 is 10.5 Å². The van der Waals surface area contributed by atoms with E-state index in [0.717, 1.165) is 12.1 Å². The molecule has 0 atom stereocenters. The Balaban J connectivity index is 2.71. The molecule has 0 saturated heterocycles. The van der Waals surface area contributed by atoms with Crippen molar-refractivity contribution in [3.63, 3.8) is 0 Å². The fourth-order valence-electron chi connectivity index (χ4n) is 1.73. The van der Waals surface area contributed by atoms with Crippen molar-refractivity contribution < 1.29 is 22.7 Å². The molecule has 0 aliphatic carbocycles. The summed E-state index contributed by atoms with van der Waals surface area (Å²) in [5.74, 6) is -2.94. The minimum absolute atomic E-state index is 0.350. The summed E-state index contributed by atoms with van der Waals surface area (Å²) in [5.41, 5.74) is 0.645. The molecule has 19 heavy (non-hydrogen) atoms. The molecule has 0 amide bonds. The van der Waals surface area contributed by atoms with Crippen molar-refractivity contribution in [3.8, 4) is 0 Å². The Morgan fingerprint density at radius 2 is 1.74 bits per heavy atom. The molecule has 0 heterocycles. The molecule has 6 heteroatoms. The average molecular weight is 287 g/mol. The first-order chi connectivity index (χ1) is 9.06. The largest absolute Gasteiger partial charge is 0.371 e. The molecule has 0 aliphatic rings. The first-order valence-corrected chi connectivity index (χ1v) is 6.54. The van der Waals surface area contributed by atoms with Crippen LogP contribution >= 0.6 is 0 Å². The molecule has 0 fully saturated rings. The van der Waals surface area contributed by atoms with E-state index in [2.05, 4.69) is 10.5 Å². The van der Waals surface area contributed by atoms with Gasteiger partial charge in [-0.15, -0.1) is 0 Å². The number of benzene rings is 1. The Hall–Kier alpha value is -0.823. The molecule has 0 unspecified atom stereocenters. The van der Waals surface area contributed by atoms with Gasteiger partial charge in [-0.2, -0.15) is 0 Å². The Labute approximate surface area is 115 Å². The minimum atomic E-state index is -1.22. The second-order valence-electron chi connectivity index (χ2n) is 3.90. The van der Waals surface area contributed by atoms with Gasteiger partial charge in [-0.05, 0) is 38.0 Å². The maximum absolute atomic E-state index is 13.1. The van der Waals surface area contributed by atoms with Crippen LogP contribution in [-0.4, -0.2) is 29.7 Å². The zero-order valence-corrected chi connectivity index (χ0v) is 12.0. The van der Waals surface area contributed by atoms with Crippen molar-refractivity contribution in [1.29, 1.82) is 0 Å². The van der Waals surface area contributed by atoms with Crippen molar-refractivity contribution in [2.75, 3.05) is 13.2 Å². The first kappa shape index (κ1) is 16.2. The second kappa shape index (κ2) is 7.69. The third-order valence-corrected chi connectivity index (χ3v) is 2.90. The summed E-state index contributed by atoms with van der Waals surface area (Å²) in [6, 6.07) is 3.78. The fraction of sp³-hybridized carbons (Fsp3) is 0.538. The zero-order valence-electron chi connectivity index (χ0n) is 11.0. The van der Waals surface area contributed by atoms with Crippen molar-refractivity contribution in [1.82, 2.24) is 0 Å². The summed E-state index contributed by atoms with van der Waals surface area (Å²) in [7, 11) is 2.94. The number of aryl methyl sites for hydroxylation is 1. The van der Waals surface area contributed by atoms with Crippen LogP contribution in [0.15, 0.2) is 18.2 Å². The maximum Gasteiger partial charge on any atom is 0.273 e. The monoisotopic (exact) mass is 287 g/mol. The Kier molecular flexibility index (Phi) is 6.57. The van der Waals surface area contributed by atoms with Gasteiger partial charge in [0.25, 0.3) is 16.5 Å². The van der Waals surface area contributed by atoms with Gasteiger partial charge in [-0.1, -0.05) is 6.07 Å². The minimum Gasteiger partial charge on any atom is -0.371 e. The van der Waals surface area contributed by atoms with E-state index in [1.54, 1.807) is 0 Å². The standard InChI is InChI=1S/C13H17F2O3Si/c1-3-16-13(18-19,17-4-2)8-7-10-5-6-11(14)12(15)9-10/h5-6,9H,3-4,7-8H2,1-2H3. The van der Waals surface area contributed by atoms with Crippen LogP contribution < -0.4 is 0 Å². The van der Waals surface area contributed by atoms with Gasteiger partial charge in [0.15, 0.2) is 11.6 Å². The Bertz CT molecular complexity index is 395. The summed E-state index contributed by atoms with van der Waals surface area (Å²) in [5, 5.41) is 0. The average Bonchev–Trinajstić information content (AvgIpc) is 2.40. The Morgan fingerprint density at radius 1 is 1.11 bits per heavy atom. The zero-order chi connectivity index (χ0) is 14.3. The SMILES string of the molecule is CCOC(CCc1ccc(F)c(F)c1)(O[Si])OCC. The van der Waals surface area contributed by atoms with Crippen LogP contribution in [0.25, 0.3) is 0 Å². The lowest BCUT2D eigenvalue weighted by atomic mass is 10.1. The maximum atomic E-state index is 13.1. The highest BCUT2D eigenvalue weighted by Crippen LogP contribution is 2.22. The quantitative estimate of drug-likeness (QED) is 0.543. The summed E-state index contributed by atoms with van der Waals surface area (Å²) in [6.07, 6.45) is 0.783. The number of hydrogen-bond donors (Lipinski definition) is 0. The molecular weight excluding hydrogens is 270 g/mol. The predicted molar refractivity (Wildman–Crippen MR) is 67.5 cm³/mol. The fourth-order valence-corrected chi connectivity index (χ4v) is 1.95. The number of hydrogen-bond acceptors (Lipinski definition) is 3. The van der Waals surface area contributed by atoms with Gasteiger partial charge in [-0.25, -0.2) is 8.78 Å². The molecule has 0 bridgehead atoms. The van der Waals surface area contributed by atoms with Crippen molar-refractivity contribution in [3.05, 3.63) is 35.4 Å². The summed E-state index contributed by atoms with van der Waals surface area (Å²) in [6.45, 7) is 4.44. The third-order valence-electron chi connectivity index (χ3n) is 2.59. The summed E-state index contributed by atoms with van der Waals surface area (Å²) >= 11 is 0. The highest BCUT2D eigenvalue weighted by molar-refractivity contribution is 5.98. The van der Waals surface area contributed by atoms with Crippen molar-refractivity contribution in [2.45, 2.75) is 32.7 Å². The van der Waals surface area contributed by atoms with Gasteiger partial charge in [-0.3, -0.25) is 0 Å². The van der Waals surface area contributed by atoms with Crippen LogP contribution in [0.4, 0.5) is 8.78 Å². The molecule has 3 radical (unpaired) electrons. The molecule has 0 aromatic heterocycles. The van der Waals surface area contributed by atoms with E-state index in [4.69, 9.17) is 13.9 Å². The molecule has 0 spiro atoms. The van der Waals surface area contributed by atoms with Crippen LogP contribution in [0.1, 0.15) is 25.8 Å². The van der Waals surface area contributed by atoms with Crippen LogP contribution in [0.2, 0.25) is 0 Å². The lowest BCUT2D eigenvalue weighted by molar-refractivity contribution is -0.343. The normalized spacial score (nSPS) is 11.8. The number of ether oxygens (including phenoxy) is 2. The smallest absolute Gasteiger partial charge is 0.273 e. The summed E-state index contributed by atoms with van der Waals surface area (Å²) in [4.78, 5) is 0. The highest BCUT2D eigenvalue weighted by atomic mass is 28.2. The molecule has 0 aliphatic heterocycles. The lowest BCUT2D eigenvalue weighted by Gasteiger charge is -2.31. The van der Waals surface area contributed by atoms with Gasteiger partial charge < -0.3 is 13.9 Å². The molecule has 1 aromatic carbocycles. The van der Waals surface area contributed by atoms with Crippen molar-refractivity contribution in [2.24, 2.45) is 0 Å². The van der Waals surface area contributed by atoms with Crippen LogP contribution in [0.3, 0.4) is 0 Å². The van der Waals surface area contributed by atoms with E-state index in [9.17, 15) is 8.78 Å². The van der Waals surface area contributed by atoms with E-state index in [0.29, 0.717) is 31.6 Å². The molecular formula is C13H17F2O3Si. The lowest BCUT2D eigenvalue weighted by Crippen LogP contribution is -2.39. The van der Waals surface area contributed by atoms with Crippen LogP contribution in [-0.2, 0) is 20.3 Å². The predicted octanol–water partition coefficient (Wildman–Crippen LogP) is 2.72. The molecule has 1 rings (SSSR count). The van der Waals surface area contributed by atoms with Crippen LogP contribution in [0.5, 0.6) is 0 Å². The van der Waals surface area contributed by atoms with Crippen LogP contribution in [0, 0.1) is 11.6 Å². The Morgan fingerprint density at radius 3 is 2.21 bits per heavy atom. The topological polar surface area (TPSA) is 27.7 Å². The van der Waals surface area contributed by atoms with E-state index in [1.807, 2.05) is 13.8 Å². The molecule has 0 saturated carbocycles. The molecule has 0 N–H and O–H groups in total. The van der Waals surface area contributed by atoms with Gasteiger partial charge in [0.05, 0.1) is 0 Å². The van der Waals surface area contributed by atoms with E-state index in [-0.39, 0.29) is 0 Å². The number of halogens is 2. The van der Waals surface area contributed by atoms with Gasteiger partial charge in [0, 0.05) is 19.6 Å². The molecule has 105 valence electrons. The molecule has 1 aromatic rings. The summed E-state index contributed by atoms with van der Waals surface area (Å²) < 4.78 is 41.9. The van der Waals surface area contributed by atoms with E-state index in [1.165, 1.54) is 6.07 Å². The number of rotatable bonds is 8. The van der Waals surface area contributed by atoms with Gasteiger partial charge in [0.1, 0.15) is 0 Å². The molecule has 3 nitrogen and oxygen atoms in total. The van der Waals surface area contributed by atoms with Gasteiger partial charge in [0.2, 0.25) is 0 Å². The third kappa shape index (κ3) is 4.65. The van der Waals surface area contributed by atoms with Gasteiger partial charge >= 0.3 is 0 Å². The second-order valence-corrected chi connectivity index (χ2v) is 4.10. The highest BCUT2D eigenvalue weighted by Gasteiger charge is 2.30.